The number of carbonyl (C=O) groups excluding carboxylic acids is 1. The zero-order chi connectivity index (χ0) is 8.85. The molecule has 3 N–H and O–H groups in total. The van der Waals surface area contributed by atoms with Crippen molar-refractivity contribution in [2.45, 2.75) is 18.3 Å². The molecular weight excluding hydrogens is 152 g/mol. The van der Waals surface area contributed by atoms with Crippen LogP contribution in [0.1, 0.15) is 0 Å². The van der Waals surface area contributed by atoms with Gasteiger partial charge in [-0.15, -0.1) is 0 Å². The van der Waals surface area contributed by atoms with E-state index in [1.165, 1.54) is 7.11 Å². The van der Waals surface area contributed by atoms with Crippen LogP contribution in [0.2, 0.25) is 0 Å². The molecule has 0 aliphatic rings. The maximum absolute atomic E-state index is 9.94. The van der Waals surface area contributed by atoms with Crippen LogP contribution in [0.5, 0.6) is 0 Å². The molecule has 0 unspecified atom stereocenters. The summed E-state index contributed by atoms with van der Waals surface area (Å²) in [7, 11) is 1.27. The molecule has 0 radical (unpaired) electrons. The third-order valence-corrected chi connectivity index (χ3v) is 1.35. The molecule has 0 aromatic heterocycles. The average Bonchev–Trinajstić information content (AvgIpc) is 2.05. The number of aldehydes is 1. The van der Waals surface area contributed by atoms with Crippen molar-refractivity contribution in [2.24, 2.45) is 0 Å². The van der Waals surface area contributed by atoms with Gasteiger partial charge in [0.1, 0.15) is 18.3 Å². The third kappa shape index (κ3) is 2.94. The first kappa shape index (κ1) is 10.5. The minimum atomic E-state index is -1.51. The van der Waals surface area contributed by atoms with Crippen LogP contribution >= 0.6 is 0 Å². The lowest BCUT2D eigenvalue weighted by Gasteiger charge is -2.20. The Hall–Kier alpha value is -0.490. The molecular formula is C6H12O5. The molecule has 0 aliphatic carbocycles. The van der Waals surface area contributed by atoms with Crippen LogP contribution in [-0.2, 0) is 9.53 Å². The second-order valence-electron chi connectivity index (χ2n) is 2.07. The van der Waals surface area contributed by atoms with Crippen LogP contribution in [0, 0.1) is 0 Å². The van der Waals surface area contributed by atoms with E-state index < -0.39 is 24.9 Å². The molecule has 0 amide bonds. The second kappa shape index (κ2) is 5.20. The summed E-state index contributed by atoms with van der Waals surface area (Å²) >= 11 is 0. The zero-order valence-corrected chi connectivity index (χ0v) is 6.17. The summed E-state index contributed by atoms with van der Waals surface area (Å²) in [5, 5.41) is 26.3. The highest BCUT2D eigenvalue weighted by molar-refractivity contribution is 5.56. The van der Waals surface area contributed by atoms with E-state index in [1.54, 1.807) is 0 Å². The van der Waals surface area contributed by atoms with E-state index >= 15 is 0 Å². The lowest BCUT2D eigenvalue weighted by Crippen LogP contribution is -2.41. The number of rotatable bonds is 5. The van der Waals surface area contributed by atoms with Gasteiger partial charge in [-0.3, -0.25) is 0 Å². The zero-order valence-electron chi connectivity index (χ0n) is 6.17. The lowest BCUT2D eigenvalue weighted by atomic mass is 10.1. The van der Waals surface area contributed by atoms with Gasteiger partial charge >= 0.3 is 0 Å². The van der Waals surface area contributed by atoms with Gasteiger partial charge in [-0.05, 0) is 0 Å². The van der Waals surface area contributed by atoms with Crippen LogP contribution in [0.3, 0.4) is 0 Å². The van der Waals surface area contributed by atoms with Crippen molar-refractivity contribution in [1.82, 2.24) is 0 Å². The highest BCUT2D eigenvalue weighted by atomic mass is 16.5. The number of hydrogen-bond acceptors (Lipinski definition) is 5. The molecule has 0 saturated heterocycles. The summed E-state index contributed by atoms with van der Waals surface area (Å²) in [6, 6.07) is 0. The lowest BCUT2D eigenvalue weighted by molar-refractivity contribution is -0.130. The second-order valence-corrected chi connectivity index (χ2v) is 2.07. The average molecular weight is 164 g/mol. The molecule has 3 atom stereocenters. The smallest absolute Gasteiger partial charge is 0.151 e. The highest BCUT2D eigenvalue weighted by Crippen LogP contribution is 2.00. The van der Waals surface area contributed by atoms with Gasteiger partial charge in [0.05, 0.1) is 6.61 Å². The van der Waals surface area contributed by atoms with E-state index in [0.29, 0.717) is 0 Å². The normalized spacial score (nSPS) is 18.9. The van der Waals surface area contributed by atoms with Gasteiger partial charge in [-0.2, -0.15) is 0 Å². The topological polar surface area (TPSA) is 87.0 Å². The van der Waals surface area contributed by atoms with E-state index in [9.17, 15) is 4.79 Å². The predicted octanol–water partition coefficient (Wildman–Crippen LogP) is -2.09. The van der Waals surface area contributed by atoms with E-state index in [1.807, 2.05) is 0 Å². The van der Waals surface area contributed by atoms with Crippen molar-refractivity contribution < 1.29 is 24.9 Å². The molecule has 0 fully saturated rings. The van der Waals surface area contributed by atoms with Crippen LogP contribution in [0.25, 0.3) is 0 Å². The summed E-state index contributed by atoms with van der Waals surface area (Å²) in [6.45, 7) is -0.442. The van der Waals surface area contributed by atoms with E-state index in [0.717, 1.165) is 0 Å². The first-order chi connectivity index (χ1) is 5.17. The molecule has 66 valence electrons. The van der Waals surface area contributed by atoms with Gasteiger partial charge in [0.2, 0.25) is 0 Å². The number of ether oxygens (including phenoxy) is 1. The number of carbonyl (C=O) groups is 1. The van der Waals surface area contributed by atoms with Crippen molar-refractivity contribution in [3.8, 4) is 0 Å². The molecule has 0 aliphatic heterocycles. The van der Waals surface area contributed by atoms with Crippen LogP contribution in [0.15, 0.2) is 0 Å². The molecule has 0 spiro atoms. The quantitative estimate of drug-likeness (QED) is 0.406. The van der Waals surface area contributed by atoms with Gasteiger partial charge < -0.3 is 24.9 Å². The van der Waals surface area contributed by atoms with Crippen molar-refractivity contribution in [2.75, 3.05) is 13.7 Å². The Kier molecular flexibility index (Phi) is 4.97. The van der Waals surface area contributed by atoms with E-state index in [4.69, 9.17) is 15.3 Å². The minimum absolute atomic E-state index is 0.187. The van der Waals surface area contributed by atoms with Crippen molar-refractivity contribution in [1.29, 1.82) is 0 Å². The Balaban J connectivity index is 3.95. The van der Waals surface area contributed by atoms with Crippen LogP contribution < -0.4 is 0 Å². The van der Waals surface area contributed by atoms with Gasteiger partial charge in [0.25, 0.3) is 0 Å². The molecule has 5 heteroatoms. The largest absolute Gasteiger partial charge is 0.394 e. The Bertz CT molecular complexity index is 112. The number of methoxy groups -OCH3 is 1. The highest BCUT2D eigenvalue weighted by Gasteiger charge is 2.24. The summed E-state index contributed by atoms with van der Waals surface area (Å²) < 4.78 is 4.57. The molecule has 0 bridgehead atoms. The first-order valence-electron chi connectivity index (χ1n) is 3.12. The number of aliphatic hydroxyl groups excluding tert-OH is 3. The molecule has 0 rings (SSSR count). The number of aliphatic hydroxyl groups is 3. The fraction of sp³-hybridized carbons (Fsp3) is 0.833. The van der Waals surface area contributed by atoms with Gasteiger partial charge in [-0.25, -0.2) is 0 Å². The molecule has 11 heavy (non-hydrogen) atoms. The van der Waals surface area contributed by atoms with Crippen molar-refractivity contribution in [3.05, 3.63) is 0 Å². The predicted molar refractivity (Wildman–Crippen MR) is 36.0 cm³/mol. The summed E-state index contributed by atoms with van der Waals surface area (Å²) in [5.41, 5.74) is 0. The van der Waals surface area contributed by atoms with Crippen LogP contribution in [0.4, 0.5) is 0 Å². The fourth-order valence-corrected chi connectivity index (χ4v) is 0.622. The Morgan fingerprint density at radius 3 is 2.36 bits per heavy atom. The van der Waals surface area contributed by atoms with Crippen LogP contribution in [-0.4, -0.2) is 53.6 Å². The van der Waals surface area contributed by atoms with Gasteiger partial charge in [0, 0.05) is 7.11 Å². The Labute approximate surface area is 64.2 Å². The van der Waals surface area contributed by atoms with Crippen molar-refractivity contribution in [3.63, 3.8) is 0 Å². The standard InChI is InChI=1S/C6H12O5/c1-11-5(3-8)6(10)4(9)2-7/h2,4-6,8-10H,3H2,1H3/t4-,5+,6+/m0/s1. The molecule has 0 saturated carbocycles. The fourth-order valence-electron chi connectivity index (χ4n) is 0.622. The van der Waals surface area contributed by atoms with E-state index in [-0.39, 0.29) is 6.29 Å². The summed E-state index contributed by atoms with van der Waals surface area (Å²) in [5.74, 6) is 0. The van der Waals surface area contributed by atoms with E-state index in [2.05, 4.69) is 4.74 Å². The first-order valence-corrected chi connectivity index (χ1v) is 3.12. The maximum atomic E-state index is 9.94. The third-order valence-electron chi connectivity index (χ3n) is 1.35. The van der Waals surface area contributed by atoms with Gasteiger partial charge in [0.15, 0.2) is 6.29 Å². The molecule has 5 nitrogen and oxygen atoms in total. The maximum Gasteiger partial charge on any atom is 0.151 e. The molecule has 0 aromatic rings. The molecule has 0 aromatic carbocycles. The minimum Gasteiger partial charge on any atom is -0.394 e. The Morgan fingerprint density at radius 2 is 2.09 bits per heavy atom. The van der Waals surface area contributed by atoms with Gasteiger partial charge in [-0.1, -0.05) is 0 Å². The molecule has 0 heterocycles. The SMILES string of the molecule is CO[C@H](CO)[C@H](O)[C@@H](O)C=O. The Morgan fingerprint density at radius 1 is 1.55 bits per heavy atom. The summed E-state index contributed by atoms with van der Waals surface area (Å²) in [4.78, 5) is 9.94. The van der Waals surface area contributed by atoms with Crippen molar-refractivity contribution >= 4 is 6.29 Å². The number of hydrogen-bond donors (Lipinski definition) is 3. The summed E-state index contributed by atoms with van der Waals surface area (Å²) in [6.07, 6.45) is -3.61. The monoisotopic (exact) mass is 164 g/mol.